The van der Waals surface area contributed by atoms with Gasteiger partial charge in [-0.1, -0.05) is 127 Å². The predicted octanol–water partition coefficient (Wildman–Crippen LogP) is 14.2. The van der Waals surface area contributed by atoms with Crippen LogP contribution in [0.3, 0.4) is 0 Å². The monoisotopic (exact) mass is 742 g/mol. The van der Waals surface area contributed by atoms with Crippen molar-refractivity contribution in [1.29, 1.82) is 0 Å². The van der Waals surface area contributed by atoms with Crippen LogP contribution in [-0.2, 0) is 0 Å². The highest BCUT2D eigenvalue weighted by Crippen LogP contribution is 2.45. The Hall–Kier alpha value is -7.34. The van der Waals surface area contributed by atoms with Gasteiger partial charge >= 0.3 is 0 Å². The third-order valence-corrected chi connectivity index (χ3v) is 13.1. The number of fused-ring (bicyclic) bond motifs is 16. The summed E-state index contributed by atoms with van der Waals surface area (Å²) in [6.07, 6.45) is 2.01. The zero-order valence-corrected chi connectivity index (χ0v) is 31.3. The van der Waals surface area contributed by atoms with Crippen LogP contribution >= 0.6 is 11.3 Å². The maximum absolute atomic E-state index is 5.29. The minimum Gasteiger partial charge on any atom is -0.309 e. The van der Waals surface area contributed by atoms with E-state index in [2.05, 4.69) is 185 Å². The summed E-state index contributed by atoms with van der Waals surface area (Å²) < 4.78 is 7.51. The molecule has 0 aliphatic rings. The van der Waals surface area contributed by atoms with Crippen molar-refractivity contribution in [3.63, 3.8) is 0 Å². The molecule has 0 aliphatic carbocycles. The van der Waals surface area contributed by atoms with Crippen molar-refractivity contribution in [3.05, 3.63) is 182 Å². The second-order valence-electron chi connectivity index (χ2n) is 14.9. The van der Waals surface area contributed by atoms with Gasteiger partial charge in [0.15, 0.2) is 5.82 Å². The fourth-order valence-electron chi connectivity index (χ4n) is 9.55. The second kappa shape index (κ2) is 11.6. The van der Waals surface area contributed by atoms with Gasteiger partial charge in [0.05, 0.1) is 38.0 Å². The van der Waals surface area contributed by atoms with Gasteiger partial charge in [-0.25, -0.2) is 9.97 Å². The van der Waals surface area contributed by atoms with E-state index < -0.39 is 0 Å². The molecular formula is C52H30N4S. The summed E-state index contributed by atoms with van der Waals surface area (Å²) in [5, 5.41) is 13.4. The van der Waals surface area contributed by atoms with Gasteiger partial charge in [0, 0.05) is 65.2 Å². The first-order valence-corrected chi connectivity index (χ1v) is 20.1. The lowest BCUT2D eigenvalue weighted by Crippen LogP contribution is -1.97. The van der Waals surface area contributed by atoms with Gasteiger partial charge in [-0.3, -0.25) is 0 Å². The zero-order valence-electron chi connectivity index (χ0n) is 30.5. The third-order valence-electron chi connectivity index (χ3n) is 11.9. The van der Waals surface area contributed by atoms with Crippen molar-refractivity contribution in [3.8, 4) is 22.8 Å². The van der Waals surface area contributed by atoms with Crippen molar-refractivity contribution in [1.82, 2.24) is 19.1 Å². The number of hydrogen-bond acceptors (Lipinski definition) is 3. The molecule has 0 spiro atoms. The van der Waals surface area contributed by atoms with Crippen molar-refractivity contribution in [2.24, 2.45) is 0 Å². The summed E-state index contributed by atoms with van der Waals surface area (Å²) in [4.78, 5) is 10.3. The number of rotatable bonds is 3. The average molecular weight is 743 g/mol. The molecule has 0 radical (unpaired) electrons. The van der Waals surface area contributed by atoms with Crippen LogP contribution in [0.5, 0.6) is 0 Å². The van der Waals surface area contributed by atoms with Gasteiger partial charge in [-0.15, -0.1) is 11.3 Å². The van der Waals surface area contributed by atoms with E-state index in [0.29, 0.717) is 5.82 Å². The van der Waals surface area contributed by atoms with Gasteiger partial charge in [0.1, 0.15) is 0 Å². The van der Waals surface area contributed by atoms with Gasteiger partial charge in [0.2, 0.25) is 0 Å². The number of para-hydroxylation sites is 2. The third kappa shape index (κ3) is 4.26. The van der Waals surface area contributed by atoms with E-state index in [-0.39, 0.29) is 0 Å². The van der Waals surface area contributed by atoms with E-state index in [0.717, 1.165) is 33.1 Å². The Labute approximate surface area is 330 Å². The first kappa shape index (κ1) is 30.9. The molecule has 0 unspecified atom stereocenters. The number of hydrogen-bond donors (Lipinski definition) is 0. The Kier molecular flexibility index (Phi) is 6.29. The van der Waals surface area contributed by atoms with Crippen LogP contribution < -0.4 is 0 Å². The van der Waals surface area contributed by atoms with Crippen molar-refractivity contribution >= 4 is 108 Å². The van der Waals surface area contributed by atoms with E-state index in [1.165, 1.54) is 80.1 Å². The van der Waals surface area contributed by atoms with Gasteiger partial charge in [-0.2, -0.15) is 0 Å². The Morgan fingerprint density at radius 3 is 1.72 bits per heavy atom. The lowest BCUT2D eigenvalue weighted by Gasteiger charge is -2.12. The van der Waals surface area contributed by atoms with Crippen molar-refractivity contribution in [2.75, 3.05) is 0 Å². The van der Waals surface area contributed by atoms with Crippen LogP contribution in [0.2, 0.25) is 0 Å². The molecule has 0 saturated heterocycles. The van der Waals surface area contributed by atoms with Crippen LogP contribution in [0, 0.1) is 0 Å². The van der Waals surface area contributed by atoms with Crippen LogP contribution in [0.4, 0.5) is 0 Å². The first-order valence-electron chi connectivity index (χ1n) is 19.3. The lowest BCUT2D eigenvalue weighted by molar-refractivity contribution is 1.17. The van der Waals surface area contributed by atoms with E-state index in [4.69, 9.17) is 9.97 Å². The second-order valence-corrected chi connectivity index (χ2v) is 16.0. The normalized spacial score (nSPS) is 12.2. The molecule has 0 aliphatic heterocycles. The molecule has 0 saturated carbocycles. The number of benzene rings is 9. The fourth-order valence-corrected chi connectivity index (χ4v) is 10.8. The topological polar surface area (TPSA) is 35.6 Å². The molecule has 0 fully saturated rings. The Bertz CT molecular complexity index is 3790. The summed E-state index contributed by atoms with van der Waals surface area (Å²) in [5.41, 5.74) is 8.98. The predicted molar refractivity (Wildman–Crippen MR) is 242 cm³/mol. The number of nitrogens with zero attached hydrogens (tertiary/aromatic N) is 4. The highest BCUT2D eigenvalue weighted by atomic mass is 32.1. The number of thiophene rings is 1. The highest BCUT2D eigenvalue weighted by Gasteiger charge is 2.22. The minimum atomic E-state index is 0.714. The van der Waals surface area contributed by atoms with Gasteiger partial charge in [-0.05, 0) is 64.7 Å². The summed E-state index contributed by atoms with van der Waals surface area (Å²) >= 11 is 1.88. The van der Waals surface area contributed by atoms with Crippen molar-refractivity contribution in [2.45, 2.75) is 0 Å². The molecule has 5 heteroatoms. The maximum Gasteiger partial charge on any atom is 0.159 e. The van der Waals surface area contributed by atoms with E-state index in [1.807, 2.05) is 17.5 Å². The van der Waals surface area contributed by atoms with Crippen molar-refractivity contribution < 1.29 is 0 Å². The minimum absolute atomic E-state index is 0.714. The van der Waals surface area contributed by atoms with E-state index in [1.54, 1.807) is 0 Å². The summed E-state index contributed by atoms with van der Waals surface area (Å²) in [6.45, 7) is 0. The molecule has 264 valence electrons. The van der Waals surface area contributed by atoms with Gasteiger partial charge in [0.25, 0.3) is 0 Å². The molecule has 4 heterocycles. The molecule has 0 atom stereocenters. The molecule has 13 aromatic rings. The Balaban J connectivity index is 1.06. The molecule has 57 heavy (non-hydrogen) atoms. The molecule has 4 aromatic heterocycles. The largest absolute Gasteiger partial charge is 0.309 e. The molecule has 9 aromatic carbocycles. The highest BCUT2D eigenvalue weighted by molar-refractivity contribution is 7.26. The van der Waals surface area contributed by atoms with Gasteiger partial charge < -0.3 is 9.13 Å². The average Bonchev–Trinajstić information content (AvgIpc) is 3.94. The van der Waals surface area contributed by atoms with E-state index in [9.17, 15) is 0 Å². The summed E-state index contributed by atoms with van der Waals surface area (Å²) in [7, 11) is 0. The zero-order chi connectivity index (χ0) is 37.2. The molecule has 4 nitrogen and oxygen atoms in total. The van der Waals surface area contributed by atoms with E-state index >= 15 is 0 Å². The molecule has 0 amide bonds. The Morgan fingerprint density at radius 1 is 0.404 bits per heavy atom. The van der Waals surface area contributed by atoms with Crippen LogP contribution in [0.1, 0.15) is 0 Å². The standard InChI is InChI=1S/C52H30N4S/c1-2-17-35-33(15-1)34-16-3-4-19-37(34)50-41(35)30-53-52(54-50)31-13-11-14-32(29-31)55-42-23-8-5-20-39(42)48-44(55)27-28-45-49(48)40-21-6-9-24-43(40)56(45)46-25-12-22-38-36-18-7-10-26-47(36)57-51(38)46/h1-30H. The number of aromatic nitrogens is 4. The summed E-state index contributed by atoms with van der Waals surface area (Å²) in [5.74, 6) is 0.714. The lowest BCUT2D eigenvalue weighted by atomic mass is 9.98. The fraction of sp³-hybridized carbons (Fsp3) is 0. The van der Waals surface area contributed by atoms with Crippen LogP contribution in [0.25, 0.3) is 119 Å². The Morgan fingerprint density at radius 2 is 0.965 bits per heavy atom. The molecular weight excluding hydrogens is 713 g/mol. The molecule has 0 bridgehead atoms. The maximum atomic E-state index is 5.29. The smallest absolute Gasteiger partial charge is 0.159 e. The first-order chi connectivity index (χ1) is 28.3. The SMILES string of the molecule is c1cc(-c2ncc3c4ccccc4c4ccccc4c3n2)cc(-n2c3ccccc3c3c4c5ccccc5n(-c5cccc6c5sc5ccccc56)c4ccc32)c1. The summed E-state index contributed by atoms with van der Waals surface area (Å²) in [6, 6.07) is 63.7. The quantitative estimate of drug-likeness (QED) is 0.169. The van der Waals surface area contributed by atoms with Crippen LogP contribution in [-0.4, -0.2) is 19.1 Å². The molecule has 0 N–H and O–H groups in total. The van der Waals surface area contributed by atoms with Crippen LogP contribution in [0.15, 0.2) is 182 Å². The molecule has 13 rings (SSSR count).